The second-order valence-corrected chi connectivity index (χ2v) is 6.79. The summed E-state index contributed by atoms with van der Waals surface area (Å²) in [5, 5.41) is 0. The van der Waals surface area contributed by atoms with Gasteiger partial charge in [0.15, 0.2) is 0 Å². The van der Waals surface area contributed by atoms with E-state index in [2.05, 4.69) is 0 Å². The van der Waals surface area contributed by atoms with Gasteiger partial charge in [0, 0.05) is 5.57 Å². The summed E-state index contributed by atoms with van der Waals surface area (Å²) < 4.78 is 27.3. The Balaban J connectivity index is 2.15. The van der Waals surface area contributed by atoms with E-state index in [9.17, 15) is 13.2 Å². The number of carbonyl (C=O) groups is 1. The maximum atomic E-state index is 12.2. The Kier molecular flexibility index (Phi) is 4.53. The minimum Gasteiger partial charge on any atom is -0.457 e. The van der Waals surface area contributed by atoms with Crippen molar-refractivity contribution in [2.24, 2.45) is 0 Å². The lowest BCUT2D eigenvalue weighted by Crippen LogP contribution is -2.00. The molecule has 2 aromatic rings. The number of thiol groups is 1. The molecule has 4 nitrogen and oxygen atoms in total. The molecule has 0 unspecified atom stereocenters. The largest absolute Gasteiger partial charge is 0.457 e. The van der Waals surface area contributed by atoms with Gasteiger partial charge in [-0.05, 0) is 41.7 Å². The van der Waals surface area contributed by atoms with Gasteiger partial charge in [-0.15, -0.1) is 0 Å². The van der Waals surface area contributed by atoms with E-state index in [1.807, 2.05) is 56.3 Å². The first-order valence-corrected chi connectivity index (χ1v) is 9.02. The molecule has 24 heavy (non-hydrogen) atoms. The highest BCUT2D eigenvalue weighted by molar-refractivity contribution is 7.71. The minimum atomic E-state index is -2.47. The molecule has 0 radical (unpaired) electrons. The molecule has 5 heteroatoms. The van der Waals surface area contributed by atoms with Crippen molar-refractivity contribution in [1.29, 1.82) is 0 Å². The first-order valence-electron chi connectivity index (χ1n) is 7.66. The Labute approximate surface area is 142 Å². The zero-order chi connectivity index (χ0) is 17.3. The standard InChI is InChI=1S/C19H18O4S/c1-12-13(2)16(9-8-15(12)11-24(21)22)17-10-23-19(20)18(17)14-6-4-3-5-7-14/h3-9,24H,10-11H2,1-2H3. The van der Waals surface area contributed by atoms with E-state index < -0.39 is 10.7 Å². The van der Waals surface area contributed by atoms with Crippen molar-refractivity contribution in [3.63, 3.8) is 0 Å². The lowest BCUT2D eigenvalue weighted by atomic mass is 9.90. The molecule has 0 bridgehead atoms. The SMILES string of the molecule is Cc1c(C[SH](=O)=O)ccc(C2=C(c3ccccc3)C(=O)OC2)c1C. The van der Waals surface area contributed by atoms with Crippen LogP contribution in [0.3, 0.4) is 0 Å². The molecule has 0 saturated heterocycles. The third-order valence-corrected chi connectivity index (χ3v) is 5.04. The fourth-order valence-electron chi connectivity index (χ4n) is 3.03. The monoisotopic (exact) mass is 342 g/mol. The fourth-order valence-corrected chi connectivity index (χ4v) is 3.65. The van der Waals surface area contributed by atoms with Crippen molar-refractivity contribution >= 4 is 27.8 Å². The number of rotatable bonds is 4. The van der Waals surface area contributed by atoms with Crippen LogP contribution in [0.25, 0.3) is 11.1 Å². The van der Waals surface area contributed by atoms with Crippen LogP contribution < -0.4 is 0 Å². The molecule has 1 aliphatic heterocycles. The Bertz CT molecular complexity index is 900. The Morgan fingerprint density at radius 1 is 1.00 bits per heavy atom. The van der Waals surface area contributed by atoms with Gasteiger partial charge in [0.1, 0.15) is 17.3 Å². The summed E-state index contributed by atoms with van der Waals surface area (Å²) in [5.74, 6) is -0.289. The topological polar surface area (TPSA) is 60.4 Å². The summed E-state index contributed by atoms with van der Waals surface area (Å²) in [5.41, 5.74) is 5.91. The summed E-state index contributed by atoms with van der Waals surface area (Å²) in [6.07, 6.45) is 0. The van der Waals surface area contributed by atoms with E-state index in [-0.39, 0.29) is 18.3 Å². The lowest BCUT2D eigenvalue weighted by molar-refractivity contribution is -0.133. The average molecular weight is 342 g/mol. The third kappa shape index (κ3) is 2.99. The van der Waals surface area contributed by atoms with Crippen molar-refractivity contribution < 1.29 is 17.9 Å². The molecule has 0 aliphatic carbocycles. The number of benzene rings is 2. The van der Waals surface area contributed by atoms with Crippen molar-refractivity contribution in [1.82, 2.24) is 0 Å². The number of cyclic esters (lactones) is 1. The van der Waals surface area contributed by atoms with Gasteiger partial charge in [-0.25, -0.2) is 13.2 Å². The maximum Gasteiger partial charge on any atom is 0.339 e. The van der Waals surface area contributed by atoms with E-state index in [0.29, 0.717) is 5.57 Å². The molecule has 3 rings (SSSR count). The van der Waals surface area contributed by atoms with E-state index in [1.54, 1.807) is 0 Å². The zero-order valence-electron chi connectivity index (χ0n) is 13.5. The van der Waals surface area contributed by atoms with E-state index >= 15 is 0 Å². The number of ether oxygens (including phenoxy) is 1. The molecule has 0 amide bonds. The van der Waals surface area contributed by atoms with Gasteiger partial charge in [-0.3, -0.25) is 0 Å². The Morgan fingerprint density at radius 2 is 1.71 bits per heavy atom. The van der Waals surface area contributed by atoms with Crippen LogP contribution in [0.15, 0.2) is 42.5 Å². The van der Waals surface area contributed by atoms with Crippen LogP contribution in [-0.4, -0.2) is 21.0 Å². The molecular formula is C19H18O4S. The molecule has 1 heterocycles. The predicted octanol–water partition coefficient (Wildman–Crippen LogP) is 2.88. The van der Waals surface area contributed by atoms with Crippen LogP contribution in [0.4, 0.5) is 0 Å². The molecule has 0 spiro atoms. The predicted molar refractivity (Wildman–Crippen MR) is 94.1 cm³/mol. The molecule has 1 aliphatic rings. The van der Waals surface area contributed by atoms with Gasteiger partial charge in [0.05, 0.1) is 11.3 Å². The maximum absolute atomic E-state index is 12.2. The highest BCUT2D eigenvalue weighted by atomic mass is 32.2. The number of hydrogen-bond donors (Lipinski definition) is 1. The van der Waals surface area contributed by atoms with Crippen LogP contribution in [-0.2, 0) is 26.0 Å². The van der Waals surface area contributed by atoms with Crippen LogP contribution in [0.2, 0.25) is 0 Å². The summed E-state index contributed by atoms with van der Waals surface area (Å²) in [6, 6.07) is 13.2. The van der Waals surface area contributed by atoms with Crippen molar-refractivity contribution in [3.05, 3.63) is 70.3 Å². The molecule has 0 saturated carbocycles. The van der Waals surface area contributed by atoms with Gasteiger partial charge in [-0.1, -0.05) is 42.5 Å². The highest BCUT2D eigenvalue weighted by Crippen LogP contribution is 2.35. The molecule has 0 aromatic heterocycles. The number of hydrogen-bond acceptors (Lipinski definition) is 4. The normalized spacial score (nSPS) is 14.4. The van der Waals surface area contributed by atoms with Gasteiger partial charge < -0.3 is 4.74 Å². The second kappa shape index (κ2) is 6.61. The fraction of sp³-hybridized carbons (Fsp3) is 0.211. The van der Waals surface area contributed by atoms with Crippen molar-refractivity contribution in [2.45, 2.75) is 19.6 Å². The molecular weight excluding hydrogens is 324 g/mol. The Morgan fingerprint density at radius 3 is 2.38 bits per heavy atom. The van der Waals surface area contributed by atoms with Crippen molar-refractivity contribution in [3.8, 4) is 0 Å². The first-order chi connectivity index (χ1) is 11.5. The smallest absolute Gasteiger partial charge is 0.339 e. The van der Waals surface area contributed by atoms with Gasteiger partial charge in [0.25, 0.3) is 0 Å². The number of esters is 1. The van der Waals surface area contributed by atoms with Gasteiger partial charge in [0.2, 0.25) is 0 Å². The quantitative estimate of drug-likeness (QED) is 0.686. The summed E-state index contributed by atoms with van der Waals surface area (Å²) in [7, 11) is -2.47. The van der Waals surface area contributed by atoms with E-state index in [0.717, 1.165) is 33.4 Å². The van der Waals surface area contributed by atoms with Crippen LogP contribution in [0, 0.1) is 13.8 Å². The van der Waals surface area contributed by atoms with Crippen molar-refractivity contribution in [2.75, 3.05) is 6.61 Å². The summed E-state index contributed by atoms with van der Waals surface area (Å²) >= 11 is 0. The molecule has 0 N–H and O–H groups in total. The second-order valence-electron chi connectivity index (χ2n) is 5.81. The summed E-state index contributed by atoms with van der Waals surface area (Å²) in [6.45, 7) is 4.09. The van der Waals surface area contributed by atoms with E-state index in [1.165, 1.54) is 0 Å². The minimum absolute atomic E-state index is 0.0301. The Hall–Kier alpha value is -2.40. The number of carbonyl (C=O) groups excluding carboxylic acids is 1. The molecule has 2 aromatic carbocycles. The zero-order valence-corrected chi connectivity index (χ0v) is 14.4. The van der Waals surface area contributed by atoms with Gasteiger partial charge in [-0.2, -0.15) is 0 Å². The van der Waals surface area contributed by atoms with E-state index in [4.69, 9.17) is 4.74 Å². The molecule has 0 atom stereocenters. The third-order valence-electron chi connectivity index (χ3n) is 4.44. The van der Waals surface area contributed by atoms with Crippen LogP contribution in [0.1, 0.15) is 27.8 Å². The van der Waals surface area contributed by atoms with Crippen LogP contribution in [0.5, 0.6) is 0 Å². The first kappa shape index (κ1) is 16.5. The average Bonchev–Trinajstić information content (AvgIpc) is 2.94. The summed E-state index contributed by atoms with van der Waals surface area (Å²) in [4.78, 5) is 12.2. The van der Waals surface area contributed by atoms with Crippen LogP contribution >= 0.6 is 0 Å². The molecule has 0 fully saturated rings. The molecule has 124 valence electrons. The van der Waals surface area contributed by atoms with Gasteiger partial charge >= 0.3 is 5.97 Å². The highest BCUT2D eigenvalue weighted by Gasteiger charge is 2.28. The lowest BCUT2D eigenvalue weighted by Gasteiger charge is -2.13.